The second-order valence-electron chi connectivity index (χ2n) is 5.20. The van der Waals surface area contributed by atoms with Crippen molar-refractivity contribution in [1.82, 2.24) is 9.71 Å². The molecule has 0 spiro atoms. The van der Waals surface area contributed by atoms with Crippen molar-refractivity contribution < 1.29 is 21.8 Å². The number of anilines is 1. The highest BCUT2D eigenvalue weighted by atomic mass is 32.3. The maximum atomic E-state index is 12.6. The van der Waals surface area contributed by atoms with Crippen LogP contribution in [0.15, 0.2) is 23.0 Å². The summed E-state index contributed by atoms with van der Waals surface area (Å²) in [7, 11) is -4.54. The van der Waals surface area contributed by atoms with Crippen molar-refractivity contribution in [2.45, 2.75) is 12.5 Å². The second-order valence-corrected chi connectivity index (χ2v) is 6.36. The van der Waals surface area contributed by atoms with E-state index in [-0.39, 0.29) is 23.4 Å². The summed E-state index contributed by atoms with van der Waals surface area (Å²) in [4.78, 5) is 26.9. The first kappa shape index (κ1) is 14.6. The van der Waals surface area contributed by atoms with Crippen LogP contribution in [0.25, 0.3) is 11.1 Å². The van der Waals surface area contributed by atoms with Gasteiger partial charge < -0.3 is 5.73 Å². The van der Waals surface area contributed by atoms with Crippen molar-refractivity contribution in [3.63, 3.8) is 0 Å². The van der Waals surface area contributed by atoms with Gasteiger partial charge in [0.25, 0.3) is 11.2 Å². The van der Waals surface area contributed by atoms with Gasteiger partial charge in [-0.15, -0.1) is 0 Å². The van der Waals surface area contributed by atoms with Crippen LogP contribution in [0.4, 0.5) is 11.6 Å². The molecule has 0 saturated carbocycles. The molecule has 24 heavy (non-hydrogen) atoms. The summed E-state index contributed by atoms with van der Waals surface area (Å²) in [6.45, 7) is 0. The molecule has 2 N–H and O–H groups in total. The van der Waals surface area contributed by atoms with E-state index in [2.05, 4.69) is 9.27 Å². The average molecular weight is 352 g/mol. The largest absolute Gasteiger partial charge is 0.468 e. The smallest absolute Gasteiger partial charge is 0.367 e. The summed E-state index contributed by atoms with van der Waals surface area (Å²) in [6.07, 6.45) is -1.20. The second kappa shape index (κ2) is 4.52. The zero-order chi connectivity index (χ0) is 17.2. The van der Waals surface area contributed by atoms with E-state index < -0.39 is 32.9 Å². The molecule has 1 aromatic carbocycles. The maximum Gasteiger partial charge on any atom is 0.468 e. The Morgan fingerprint density at radius 3 is 2.88 bits per heavy atom. The minimum atomic E-state index is -4.54. The number of nitrogens with two attached hydrogens (primary N) is 1. The first-order chi connectivity index (χ1) is 11.3. The van der Waals surface area contributed by atoms with E-state index in [1.165, 1.54) is 18.2 Å². The van der Waals surface area contributed by atoms with Crippen LogP contribution in [0.5, 0.6) is 0 Å². The molecule has 4 bridgehead atoms. The zero-order valence-corrected chi connectivity index (χ0v) is 12.5. The number of aromatic nitrogens is 2. The third-order valence-electron chi connectivity index (χ3n) is 3.78. The average Bonchev–Trinajstić information content (AvgIpc) is 2.49. The van der Waals surface area contributed by atoms with Crippen LogP contribution in [0.3, 0.4) is 0 Å². The third-order valence-corrected chi connectivity index (χ3v) is 4.58. The first-order valence-corrected chi connectivity index (χ1v) is 7.93. The third kappa shape index (κ3) is 1.97. The van der Waals surface area contributed by atoms with Gasteiger partial charge in [-0.3, -0.25) is 19.2 Å². The number of nitro benzene ring substituents is 1. The van der Waals surface area contributed by atoms with E-state index >= 15 is 0 Å². The Morgan fingerprint density at radius 1 is 1.42 bits per heavy atom. The Morgan fingerprint density at radius 2 is 2.17 bits per heavy atom. The molecule has 2 aliphatic heterocycles. The van der Waals surface area contributed by atoms with Crippen LogP contribution in [0, 0.1) is 10.1 Å². The van der Waals surface area contributed by atoms with Gasteiger partial charge in [0.1, 0.15) is 6.10 Å². The number of hydrogen-bond acceptors (Lipinski definition) is 9. The van der Waals surface area contributed by atoms with E-state index in [4.69, 9.17) is 9.92 Å². The summed E-state index contributed by atoms with van der Waals surface area (Å²) in [6, 6.07) is 3.92. The Bertz CT molecular complexity index is 1080. The van der Waals surface area contributed by atoms with Crippen LogP contribution in [-0.2, 0) is 21.0 Å². The molecule has 11 nitrogen and oxygen atoms in total. The van der Waals surface area contributed by atoms with Gasteiger partial charge in [0.15, 0.2) is 0 Å². The highest BCUT2D eigenvalue weighted by Crippen LogP contribution is 2.40. The zero-order valence-electron chi connectivity index (χ0n) is 11.7. The number of hydrogen-bond donors (Lipinski definition) is 1. The SMILES string of the molecule is Nc1nc2c3c(=O)n1OS(=O)(=O)OC2Cc1cc([N+](=O)[O-])ccc1-3. The number of nitro groups is 1. The van der Waals surface area contributed by atoms with Crippen molar-refractivity contribution in [3.8, 4) is 11.1 Å². The van der Waals surface area contributed by atoms with Gasteiger partial charge in [-0.2, -0.15) is 8.42 Å². The van der Waals surface area contributed by atoms with Crippen LogP contribution in [-0.4, -0.2) is 23.1 Å². The molecule has 5 rings (SSSR count). The number of nitrogens with zero attached hydrogens (tertiary/aromatic N) is 3. The number of non-ortho nitro benzene ring substituents is 1. The number of benzene rings is 1. The normalized spacial score (nSPS) is 19.8. The molecule has 124 valence electrons. The molecule has 1 aliphatic carbocycles. The van der Waals surface area contributed by atoms with E-state index in [1.807, 2.05) is 0 Å². The molecular weight excluding hydrogens is 344 g/mol. The van der Waals surface area contributed by atoms with E-state index in [0.717, 1.165) is 0 Å². The van der Waals surface area contributed by atoms with Crippen molar-refractivity contribution >= 4 is 22.0 Å². The Labute approximate surface area is 133 Å². The van der Waals surface area contributed by atoms with Crippen LogP contribution < -0.4 is 15.6 Å². The minimum Gasteiger partial charge on any atom is -0.367 e. The molecule has 1 unspecified atom stereocenters. The van der Waals surface area contributed by atoms with Crippen molar-refractivity contribution in [2.75, 3.05) is 5.73 Å². The predicted molar refractivity (Wildman–Crippen MR) is 78.0 cm³/mol. The lowest BCUT2D eigenvalue weighted by Gasteiger charge is -2.28. The highest BCUT2D eigenvalue weighted by molar-refractivity contribution is 7.82. The van der Waals surface area contributed by atoms with Gasteiger partial charge >= 0.3 is 10.4 Å². The molecular formula is C12H8N4O7S. The molecule has 3 heterocycles. The van der Waals surface area contributed by atoms with Gasteiger partial charge in [0, 0.05) is 18.6 Å². The van der Waals surface area contributed by atoms with Gasteiger partial charge in [0.2, 0.25) is 5.95 Å². The summed E-state index contributed by atoms with van der Waals surface area (Å²) in [5.74, 6) is -0.430. The number of fused-ring (bicyclic) bond motifs is 4. The van der Waals surface area contributed by atoms with Crippen LogP contribution in [0.2, 0.25) is 0 Å². The number of nitrogen functional groups attached to an aromatic ring is 1. The summed E-state index contributed by atoms with van der Waals surface area (Å²) in [5, 5.41) is 10.9. The Hall–Kier alpha value is -2.99. The molecule has 2 aromatic rings. The summed E-state index contributed by atoms with van der Waals surface area (Å²) < 4.78 is 33.4. The molecule has 1 aromatic heterocycles. The fraction of sp³-hybridized carbons (Fsp3) is 0.167. The Balaban J connectivity index is 2.08. The molecule has 0 amide bonds. The standard InChI is InChI=1S/C12H8N4O7S/c13-12-14-10-8-4-5-3-6(16(18)19)1-2-7(5)9(10)11(17)15(12)23-24(20,21)22-8/h1-3,8H,4H2,(H2,13,14). The maximum absolute atomic E-state index is 12.6. The van der Waals surface area contributed by atoms with E-state index in [0.29, 0.717) is 15.9 Å². The lowest BCUT2D eigenvalue weighted by Crippen LogP contribution is -2.41. The lowest BCUT2D eigenvalue weighted by atomic mass is 9.87. The fourth-order valence-corrected chi connectivity index (χ4v) is 3.64. The molecule has 0 saturated heterocycles. The van der Waals surface area contributed by atoms with Crippen molar-refractivity contribution in [3.05, 3.63) is 49.9 Å². The predicted octanol–water partition coefficient (Wildman–Crippen LogP) is -0.298. The first-order valence-electron chi connectivity index (χ1n) is 6.60. The fourth-order valence-electron chi connectivity index (χ4n) is 2.83. The quantitative estimate of drug-likeness (QED) is 0.537. The van der Waals surface area contributed by atoms with Crippen LogP contribution >= 0.6 is 0 Å². The number of rotatable bonds is 1. The van der Waals surface area contributed by atoms with Crippen molar-refractivity contribution in [1.29, 1.82) is 0 Å². The topological polar surface area (TPSA) is 157 Å². The van der Waals surface area contributed by atoms with Gasteiger partial charge in [-0.1, -0.05) is 4.73 Å². The summed E-state index contributed by atoms with van der Waals surface area (Å²) in [5.41, 5.74) is 5.45. The molecule has 0 radical (unpaired) electrons. The summed E-state index contributed by atoms with van der Waals surface area (Å²) >= 11 is 0. The van der Waals surface area contributed by atoms with Crippen molar-refractivity contribution in [2.24, 2.45) is 0 Å². The van der Waals surface area contributed by atoms with Gasteiger partial charge in [-0.25, -0.2) is 9.17 Å². The lowest BCUT2D eigenvalue weighted by molar-refractivity contribution is -0.384. The Kier molecular flexibility index (Phi) is 2.75. The molecule has 1 atom stereocenters. The minimum absolute atomic E-state index is 0.0392. The molecule has 0 fully saturated rings. The van der Waals surface area contributed by atoms with Gasteiger partial charge in [-0.05, 0) is 17.2 Å². The molecule has 12 heteroatoms. The van der Waals surface area contributed by atoms with Crippen LogP contribution in [0.1, 0.15) is 17.4 Å². The monoisotopic (exact) mass is 352 g/mol. The van der Waals surface area contributed by atoms with E-state index in [1.54, 1.807) is 0 Å². The highest BCUT2D eigenvalue weighted by Gasteiger charge is 2.38. The van der Waals surface area contributed by atoms with E-state index in [9.17, 15) is 23.3 Å². The van der Waals surface area contributed by atoms with Gasteiger partial charge in [0.05, 0.1) is 16.2 Å². The molecule has 3 aliphatic rings.